The summed E-state index contributed by atoms with van der Waals surface area (Å²) in [5.41, 5.74) is 1.41. The number of anilines is 1. The minimum absolute atomic E-state index is 0.115. The van der Waals surface area contributed by atoms with Crippen LogP contribution in [0.4, 0.5) is 5.69 Å². The maximum absolute atomic E-state index is 12.6. The van der Waals surface area contributed by atoms with Gasteiger partial charge in [-0.15, -0.1) is 0 Å². The normalized spacial score (nSPS) is 11.4. The Morgan fingerprint density at radius 2 is 1.85 bits per heavy atom. The first kappa shape index (κ1) is 20.0. The van der Waals surface area contributed by atoms with Crippen LogP contribution in [-0.2, 0) is 4.79 Å². The second-order valence-corrected chi connectivity index (χ2v) is 6.33. The molecule has 0 aliphatic rings. The lowest BCUT2D eigenvalue weighted by atomic mass is 10.0. The van der Waals surface area contributed by atoms with Crippen LogP contribution in [0.15, 0.2) is 48.5 Å². The highest BCUT2D eigenvalue weighted by molar-refractivity contribution is 6.01. The zero-order valence-corrected chi connectivity index (χ0v) is 15.7. The Labute approximate surface area is 159 Å². The quantitative estimate of drug-likeness (QED) is 0.787. The molecule has 0 saturated carbocycles. The molecule has 0 spiro atoms. The van der Waals surface area contributed by atoms with E-state index in [1.54, 1.807) is 48.5 Å². The van der Waals surface area contributed by atoms with Crippen molar-refractivity contribution >= 4 is 17.5 Å². The third-order valence-electron chi connectivity index (χ3n) is 3.92. The van der Waals surface area contributed by atoms with Gasteiger partial charge in [0.25, 0.3) is 5.91 Å². The number of rotatable bonds is 7. The van der Waals surface area contributed by atoms with Gasteiger partial charge in [-0.3, -0.25) is 9.59 Å². The molecule has 2 aromatic carbocycles. The number of nitrogens with zero attached hydrogens (tertiary/aromatic N) is 1. The van der Waals surface area contributed by atoms with Crippen LogP contribution in [0.25, 0.3) is 0 Å². The molecule has 0 saturated heterocycles. The van der Waals surface area contributed by atoms with Gasteiger partial charge in [-0.1, -0.05) is 19.9 Å². The van der Waals surface area contributed by atoms with Crippen LogP contribution in [0.5, 0.6) is 5.75 Å². The molecule has 0 fully saturated rings. The summed E-state index contributed by atoms with van der Waals surface area (Å²) in [4.78, 5) is 25.1. The third-order valence-corrected chi connectivity index (χ3v) is 3.92. The molecule has 1 atom stereocenters. The zero-order chi connectivity index (χ0) is 19.8. The molecule has 2 rings (SSSR count). The van der Waals surface area contributed by atoms with Crippen LogP contribution in [0.3, 0.4) is 0 Å². The number of nitrogens with one attached hydrogen (secondary N) is 2. The molecule has 0 aromatic heterocycles. The number of benzene rings is 2. The van der Waals surface area contributed by atoms with Crippen molar-refractivity contribution < 1.29 is 14.3 Å². The van der Waals surface area contributed by atoms with E-state index < -0.39 is 6.04 Å². The molecule has 0 aliphatic heterocycles. The van der Waals surface area contributed by atoms with Gasteiger partial charge in [0, 0.05) is 11.3 Å². The van der Waals surface area contributed by atoms with E-state index in [-0.39, 0.29) is 17.7 Å². The zero-order valence-electron chi connectivity index (χ0n) is 15.7. The molecule has 27 heavy (non-hydrogen) atoms. The number of hydrogen-bond acceptors (Lipinski definition) is 4. The molecular weight excluding hydrogens is 342 g/mol. The molecule has 140 valence electrons. The largest absolute Gasteiger partial charge is 0.494 e. The monoisotopic (exact) mass is 365 g/mol. The number of amides is 2. The van der Waals surface area contributed by atoms with Gasteiger partial charge in [-0.2, -0.15) is 5.26 Å². The highest BCUT2D eigenvalue weighted by atomic mass is 16.5. The highest BCUT2D eigenvalue weighted by Crippen LogP contribution is 2.14. The van der Waals surface area contributed by atoms with Gasteiger partial charge in [0.05, 0.1) is 18.2 Å². The Morgan fingerprint density at radius 3 is 2.44 bits per heavy atom. The molecule has 0 bridgehead atoms. The summed E-state index contributed by atoms with van der Waals surface area (Å²) in [5, 5.41) is 14.5. The summed E-state index contributed by atoms with van der Waals surface area (Å²) < 4.78 is 5.36. The van der Waals surface area contributed by atoms with E-state index in [2.05, 4.69) is 10.6 Å². The van der Waals surface area contributed by atoms with Crippen molar-refractivity contribution in [3.8, 4) is 11.8 Å². The van der Waals surface area contributed by atoms with E-state index in [9.17, 15) is 9.59 Å². The van der Waals surface area contributed by atoms with Crippen molar-refractivity contribution in [1.82, 2.24) is 5.32 Å². The Morgan fingerprint density at radius 1 is 1.15 bits per heavy atom. The van der Waals surface area contributed by atoms with Gasteiger partial charge in [0.2, 0.25) is 5.91 Å². The van der Waals surface area contributed by atoms with Crippen molar-refractivity contribution in [2.75, 3.05) is 11.9 Å². The summed E-state index contributed by atoms with van der Waals surface area (Å²) in [7, 11) is 0. The molecule has 0 aliphatic carbocycles. The number of carbonyl (C=O) groups excluding carboxylic acids is 2. The summed E-state index contributed by atoms with van der Waals surface area (Å²) in [6.07, 6.45) is 0. The maximum Gasteiger partial charge on any atom is 0.251 e. The molecule has 0 unspecified atom stereocenters. The summed E-state index contributed by atoms with van der Waals surface area (Å²) in [6, 6.07) is 14.7. The van der Waals surface area contributed by atoms with E-state index in [1.165, 1.54) is 0 Å². The Bertz CT molecular complexity index is 838. The van der Waals surface area contributed by atoms with Crippen molar-refractivity contribution in [2.45, 2.75) is 26.8 Å². The second kappa shape index (κ2) is 9.39. The molecule has 0 radical (unpaired) electrons. The predicted octanol–water partition coefficient (Wildman–Crippen LogP) is 3.35. The fourth-order valence-corrected chi connectivity index (χ4v) is 2.52. The lowest BCUT2D eigenvalue weighted by Crippen LogP contribution is -2.47. The van der Waals surface area contributed by atoms with E-state index in [0.29, 0.717) is 29.2 Å². The van der Waals surface area contributed by atoms with E-state index >= 15 is 0 Å². The minimum atomic E-state index is -0.713. The molecule has 2 amide bonds. The van der Waals surface area contributed by atoms with Crippen LogP contribution in [0.1, 0.15) is 36.7 Å². The van der Waals surface area contributed by atoms with Gasteiger partial charge in [-0.05, 0) is 55.3 Å². The first-order valence-corrected chi connectivity index (χ1v) is 8.79. The van der Waals surface area contributed by atoms with Crippen molar-refractivity contribution in [1.29, 1.82) is 5.26 Å². The summed E-state index contributed by atoms with van der Waals surface area (Å²) in [6.45, 7) is 6.15. The molecule has 2 aromatic rings. The molecule has 6 nitrogen and oxygen atoms in total. The van der Waals surface area contributed by atoms with Crippen LogP contribution in [-0.4, -0.2) is 24.5 Å². The topological polar surface area (TPSA) is 91.2 Å². The average Bonchev–Trinajstić information content (AvgIpc) is 2.66. The van der Waals surface area contributed by atoms with E-state index in [4.69, 9.17) is 10.00 Å². The Balaban J connectivity index is 2.08. The molecule has 0 heterocycles. The smallest absolute Gasteiger partial charge is 0.251 e. The first-order valence-electron chi connectivity index (χ1n) is 8.79. The van der Waals surface area contributed by atoms with Crippen LogP contribution in [0.2, 0.25) is 0 Å². The lowest BCUT2D eigenvalue weighted by molar-refractivity contribution is -0.118. The highest BCUT2D eigenvalue weighted by Gasteiger charge is 2.25. The molecule has 2 N–H and O–H groups in total. The summed E-state index contributed by atoms with van der Waals surface area (Å²) in [5.74, 6) is -0.0996. The number of nitriles is 1. The number of hydrogen-bond donors (Lipinski definition) is 2. The predicted molar refractivity (Wildman–Crippen MR) is 103 cm³/mol. The van der Waals surface area contributed by atoms with Gasteiger partial charge in [0.1, 0.15) is 11.8 Å². The lowest BCUT2D eigenvalue weighted by Gasteiger charge is -2.22. The number of carbonyl (C=O) groups is 2. The van der Waals surface area contributed by atoms with Crippen molar-refractivity contribution in [3.05, 3.63) is 59.7 Å². The Kier molecular flexibility index (Phi) is 6.95. The standard InChI is InChI=1S/C21H23N3O3/c1-4-27-18-10-8-16(9-11-18)20(25)24-19(14(2)3)21(26)23-17-7-5-6-15(12-17)13-22/h5-12,14,19H,4H2,1-3H3,(H,23,26)(H,24,25)/t19-/m0/s1. The van der Waals surface area contributed by atoms with E-state index in [0.717, 1.165) is 0 Å². The molecular formula is C21H23N3O3. The van der Waals surface area contributed by atoms with Crippen LogP contribution >= 0.6 is 0 Å². The van der Waals surface area contributed by atoms with E-state index in [1.807, 2.05) is 26.8 Å². The number of ether oxygens (including phenoxy) is 1. The second-order valence-electron chi connectivity index (χ2n) is 6.33. The fourth-order valence-electron chi connectivity index (χ4n) is 2.52. The SMILES string of the molecule is CCOc1ccc(C(=O)N[C@H](C(=O)Nc2cccc(C#N)c2)C(C)C)cc1. The van der Waals surface area contributed by atoms with Gasteiger partial charge in [0.15, 0.2) is 0 Å². The van der Waals surface area contributed by atoms with Crippen LogP contribution < -0.4 is 15.4 Å². The Hall–Kier alpha value is -3.33. The molecule has 6 heteroatoms. The van der Waals surface area contributed by atoms with Crippen LogP contribution in [0, 0.1) is 17.2 Å². The van der Waals surface area contributed by atoms with Gasteiger partial charge >= 0.3 is 0 Å². The van der Waals surface area contributed by atoms with Crippen molar-refractivity contribution in [2.24, 2.45) is 5.92 Å². The fraction of sp³-hybridized carbons (Fsp3) is 0.286. The minimum Gasteiger partial charge on any atom is -0.494 e. The van der Waals surface area contributed by atoms with Gasteiger partial charge < -0.3 is 15.4 Å². The first-order chi connectivity index (χ1) is 12.9. The summed E-state index contributed by atoms with van der Waals surface area (Å²) >= 11 is 0. The van der Waals surface area contributed by atoms with Crippen molar-refractivity contribution in [3.63, 3.8) is 0 Å². The third kappa shape index (κ3) is 5.58. The maximum atomic E-state index is 12.6. The average molecular weight is 365 g/mol. The van der Waals surface area contributed by atoms with Gasteiger partial charge in [-0.25, -0.2) is 0 Å².